The minimum absolute atomic E-state index is 0.0286. The molecule has 0 radical (unpaired) electrons. The molecule has 0 aliphatic carbocycles. The first kappa shape index (κ1) is 22.7. The number of anilines is 2. The van der Waals surface area contributed by atoms with Crippen LogP contribution in [0.5, 0.6) is 5.75 Å². The minimum atomic E-state index is -3.73. The Balaban J connectivity index is 2.44. The predicted octanol–water partition coefficient (Wildman–Crippen LogP) is 2.73. The zero-order valence-electron chi connectivity index (χ0n) is 16.8. The molecule has 29 heavy (non-hydrogen) atoms. The Morgan fingerprint density at radius 3 is 2.41 bits per heavy atom. The van der Waals surface area contributed by atoms with Crippen LogP contribution in [0.2, 0.25) is 0 Å². The Labute approximate surface area is 171 Å². The van der Waals surface area contributed by atoms with Crippen LogP contribution in [0.1, 0.15) is 24.2 Å². The molecule has 0 aliphatic rings. The van der Waals surface area contributed by atoms with E-state index in [1.54, 1.807) is 45.2 Å². The summed E-state index contributed by atoms with van der Waals surface area (Å²) < 4.78 is 32.1. The van der Waals surface area contributed by atoms with Gasteiger partial charge in [-0.1, -0.05) is 26.0 Å². The van der Waals surface area contributed by atoms with Gasteiger partial charge in [-0.3, -0.25) is 4.79 Å². The smallest absolute Gasteiger partial charge is 0.257 e. The molecule has 0 heterocycles. The van der Waals surface area contributed by atoms with E-state index in [9.17, 15) is 18.3 Å². The van der Waals surface area contributed by atoms with Crippen LogP contribution >= 0.6 is 0 Å². The second-order valence-electron chi connectivity index (χ2n) is 6.19. The number of phenols is 1. The van der Waals surface area contributed by atoms with Gasteiger partial charge in [0.15, 0.2) is 0 Å². The fraction of sp³-hybridized carbons (Fsp3) is 0.350. The summed E-state index contributed by atoms with van der Waals surface area (Å²) in [6.07, 6.45) is 0. The third kappa shape index (κ3) is 5.47. The third-order valence-electron chi connectivity index (χ3n) is 4.35. The summed E-state index contributed by atoms with van der Waals surface area (Å²) in [5.74, 6) is -0.621. The van der Waals surface area contributed by atoms with E-state index < -0.39 is 15.9 Å². The van der Waals surface area contributed by atoms with E-state index in [2.05, 4.69) is 10.6 Å². The molecule has 158 valence electrons. The second kappa shape index (κ2) is 10.2. The van der Waals surface area contributed by atoms with Gasteiger partial charge in [-0.05, 0) is 30.3 Å². The molecular formula is C20H27N3O5S. The quantitative estimate of drug-likeness (QED) is 0.402. The fourth-order valence-corrected chi connectivity index (χ4v) is 4.28. The number of carbonyl (C=O) groups is 1. The van der Waals surface area contributed by atoms with E-state index in [1.165, 1.54) is 22.5 Å². The van der Waals surface area contributed by atoms with Crippen molar-refractivity contribution in [3.8, 4) is 5.75 Å². The lowest BCUT2D eigenvalue weighted by atomic mass is 10.1. The Morgan fingerprint density at radius 1 is 1.10 bits per heavy atom. The maximum Gasteiger partial charge on any atom is 0.257 e. The molecule has 1 amide bonds. The van der Waals surface area contributed by atoms with Gasteiger partial charge in [-0.2, -0.15) is 4.31 Å². The number of amides is 1. The van der Waals surface area contributed by atoms with Crippen molar-refractivity contribution >= 4 is 27.3 Å². The number of rotatable bonds is 10. The fourth-order valence-electron chi connectivity index (χ4n) is 2.80. The van der Waals surface area contributed by atoms with Crippen LogP contribution < -0.4 is 10.6 Å². The third-order valence-corrected chi connectivity index (χ3v) is 6.40. The van der Waals surface area contributed by atoms with Crippen LogP contribution in [0.3, 0.4) is 0 Å². The van der Waals surface area contributed by atoms with E-state index in [0.717, 1.165) is 0 Å². The van der Waals surface area contributed by atoms with Crippen LogP contribution in [0, 0.1) is 0 Å². The van der Waals surface area contributed by atoms with Crippen LogP contribution in [-0.4, -0.2) is 57.1 Å². The van der Waals surface area contributed by atoms with Gasteiger partial charge in [0.05, 0.1) is 22.8 Å². The number of ether oxygens (including phenoxy) is 1. The van der Waals surface area contributed by atoms with Crippen LogP contribution in [0.25, 0.3) is 0 Å². The van der Waals surface area contributed by atoms with Gasteiger partial charge in [0.2, 0.25) is 10.0 Å². The summed E-state index contributed by atoms with van der Waals surface area (Å²) in [6, 6.07) is 10.7. The Kier molecular flexibility index (Phi) is 8.00. The number of benzene rings is 2. The van der Waals surface area contributed by atoms with E-state index >= 15 is 0 Å². The molecule has 9 heteroatoms. The molecule has 0 atom stereocenters. The number of para-hydroxylation sites is 2. The zero-order valence-corrected chi connectivity index (χ0v) is 17.6. The van der Waals surface area contributed by atoms with Crippen molar-refractivity contribution in [2.45, 2.75) is 18.7 Å². The summed E-state index contributed by atoms with van der Waals surface area (Å²) in [5.41, 5.74) is 0.850. The molecule has 0 saturated carbocycles. The van der Waals surface area contributed by atoms with Gasteiger partial charge in [-0.25, -0.2) is 8.42 Å². The lowest BCUT2D eigenvalue weighted by molar-refractivity contribution is 0.102. The number of carbonyl (C=O) groups excluding carboxylic acids is 1. The average molecular weight is 422 g/mol. The van der Waals surface area contributed by atoms with Gasteiger partial charge < -0.3 is 20.5 Å². The number of phenolic OH excluding ortho intramolecular Hbond substituents is 1. The normalized spacial score (nSPS) is 11.4. The molecule has 0 aromatic heterocycles. The van der Waals surface area contributed by atoms with E-state index in [4.69, 9.17) is 4.74 Å². The number of aromatic hydroxyl groups is 1. The molecule has 2 rings (SSSR count). The minimum Gasteiger partial charge on any atom is -0.506 e. The van der Waals surface area contributed by atoms with Gasteiger partial charge in [0, 0.05) is 32.4 Å². The number of hydrogen-bond donors (Lipinski definition) is 3. The molecule has 0 spiro atoms. The largest absolute Gasteiger partial charge is 0.506 e. The summed E-state index contributed by atoms with van der Waals surface area (Å²) in [7, 11) is -2.17. The Hall–Kier alpha value is -2.62. The molecule has 2 aromatic rings. The Morgan fingerprint density at radius 2 is 1.79 bits per heavy atom. The first-order valence-electron chi connectivity index (χ1n) is 9.31. The Bertz CT molecular complexity index is 943. The van der Waals surface area contributed by atoms with Gasteiger partial charge in [0.25, 0.3) is 5.91 Å². The van der Waals surface area contributed by atoms with Crippen molar-refractivity contribution in [1.29, 1.82) is 0 Å². The van der Waals surface area contributed by atoms with Gasteiger partial charge >= 0.3 is 0 Å². The summed E-state index contributed by atoms with van der Waals surface area (Å²) >= 11 is 0. The van der Waals surface area contributed by atoms with E-state index in [-0.39, 0.29) is 21.9 Å². The molecule has 2 aromatic carbocycles. The van der Waals surface area contributed by atoms with Gasteiger partial charge in [-0.15, -0.1) is 0 Å². The topological polar surface area (TPSA) is 108 Å². The lowest BCUT2D eigenvalue weighted by Crippen LogP contribution is -2.31. The van der Waals surface area contributed by atoms with Gasteiger partial charge in [0.1, 0.15) is 5.75 Å². The lowest BCUT2D eigenvalue weighted by Gasteiger charge is -2.20. The highest BCUT2D eigenvalue weighted by Crippen LogP contribution is 2.26. The summed E-state index contributed by atoms with van der Waals surface area (Å²) in [4.78, 5) is 12.9. The first-order valence-corrected chi connectivity index (χ1v) is 10.8. The van der Waals surface area contributed by atoms with Crippen molar-refractivity contribution in [2.75, 3.05) is 44.0 Å². The number of methoxy groups -OCH3 is 1. The molecule has 3 N–H and O–H groups in total. The average Bonchev–Trinajstić information content (AvgIpc) is 2.70. The maximum atomic E-state index is 12.9. The zero-order chi connectivity index (χ0) is 21.4. The van der Waals surface area contributed by atoms with Crippen molar-refractivity contribution in [1.82, 2.24) is 4.31 Å². The number of nitrogens with one attached hydrogen (secondary N) is 2. The number of hydrogen-bond acceptors (Lipinski definition) is 6. The molecule has 0 saturated heterocycles. The molecule has 0 aliphatic heterocycles. The number of sulfonamides is 1. The van der Waals surface area contributed by atoms with Crippen LogP contribution in [0.15, 0.2) is 47.4 Å². The maximum absolute atomic E-state index is 12.9. The van der Waals surface area contributed by atoms with Crippen molar-refractivity contribution < 1.29 is 23.1 Å². The van der Waals surface area contributed by atoms with Crippen molar-refractivity contribution in [3.05, 3.63) is 48.0 Å². The standard InChI is InChI=1S/C20H27N3O5S/c1-4-23(5-2)29(26,27)15-10-11-17(21-12-13-28-3)16(14-15)20(25)22-18-8-6-7-9-19(18)24/h6-11,14,21,24H,4-5,12-13H2,1-3H3,(H,22,25). The van der Waals surface area contributed by atoms with Crippen molar-refractivity contribution in [3.63, 3.8) is 0 Å². The van der Waals surface area contributed by atoms with E-state index in [1.807, 2.05) is 0 Å². The van der Waals surface area contributed by atoms with Crippen molar-refractivity contribution in [2.24, 2.45) is 0 Å². The molecule has 0 unspecified atom stereocenters. The SMILES string of the molecule is CCN(CC)S(=O)(=O)c1ccc(NCCOC)c(C(=O)Nc2ccccc2O)c1. The molecule has 8 nitrogen and oxygen atoms in total. The molecule has 0 fully saturated rings. The monoisotopic (exact) mass is 421 g/mol. The van der Waals surface area contributed by atoms with Crippen LogP contribution in [-0.2, 0) is 14.8 Å². The van der Waals surface area contributed by atoms with E-state index in [0.29, 0.717) is 31.9 Å². The summed E-state index contributed by atoms with van der Waals surface area (Å²) in [5, 5.41) is 15.6. The van der Waals surface area contributed by atoms with Crippen LogP contribution in [0.4, 0.5) is 11.4 Å². The first-order chi connectivity index (χ1) is 13.8. The number of nitrogens with zero attached hydrogens (tertiary/aromatic N) is 1. The highest BCUT2D eigenvalue weighted by molar-refractivity contribution is 7.89. The molecular weight excluding hydrogens is 394 g/mol. The molecule has 0 bridgehead atoms. The highest BCUT2D eigenvalue weighted by Gasteiger charge is 2.24. The predicted molar refractivity (Wildman–Crippen MR) is 113 cm³/mol. The highest BCUT2D eigenvalue weighted by atomic mass is 32.2. The second-order valence-corrected chi connectivity index (χ2v) is 8.13. The summed E-state index contributed by atoms with van der Waals surface area (Å²) in [6.45, 7) is 5.02.